The van der Waals surface area contributed by atoms with Gasteiger partial charge in [-0.25, -0.2) is 0 Å². The maximum absolute atomic E-state index is 11.7. The number of benzene rings is 1. The van der Waals surface area contributed by atoms with Crippen LogP contribution in [-0.2, 0) is 4.79 Å². The molecule has 0 aliphatic rings. The second kappa shape index (κ2) is 8.43. The highest BCUT2D eigenvalue weighted by molar-refractivity contribution is 5.76. The first-order chi connectivity index (χ1) is 9.62. The van der Waals surface area contributed by atoms with Crippen molar-refractivity contribution in [3.05, 3.63) is 23.8 Å². The molecule has 0 fully saturated rings. The Morgan fingerprint density at radius 3 is 2.70 bits per heavy atom. The van der Waals surface area contributed by atoms with E-state index in [-0.39, 0.29) is 11.9 Å². The largest absolute Gasteiger partial charge is 0.493 e. The van der Waals surface area contributed by atoms with Crippen molar-refractivity contribution in [1.29, 1.82) is 0 Å². The van der Waals surface area contributed by atoms with Crippen molar-refractivity contribution < 1.29 is 14.3 Å². The summed E-state index contributed by atoms with van der Waals surface area (Å²) in [5.41, 5.74) is 0.989. The highest BCUT2D eigenvalue weighted by Gasteiger charge is 2.12. The number of hydrogen-bond acceptors (Lipinski definition) is 4. The quantitative estimate of drug-likeness (QED) is 0.763. The van der Waals surface area contributed by atoms with Crippen molar-refractivity contribution in [2.45, 2.75) is 26.3 Å². The minimum absolute atomic E-state index is 0.0275. The van der Waals surface area contributed by atoms with Crippen molar-refractivity contribution in [1.82, 2.24) is 10.6 Å². The van der Waals surface area contributed by atoms with E-state index >= 15 is 0 Å². The number of methoxy groups -OCH3 is 1. The third-order valence-corrected chi connectivity index (χ3v) is 2.97. The summed E-state index contributed by atoms with van der Waals surface area (Å²) in [5.74, 6) is 1.42. The normalized spacial score (nSPS) is 11.8. The number of carbonyl (C=O) groups excluding carboxylic acids is 1. The van der Waals surface area contributed by atoms with E-state index in [1.54, 1.807) is 7.11 Å². The van der Waals surface area contributed by atoms with Crippen LogP contribution in [0.25, 0.3) is 0 Å². The summed E-state index contributed by atoms with van der Waals surface area (Å²) < 4.78 is 10.8. The third kappa shape index (κ3) is 4.74. The number of hydrogen-bond donors (Lipinski definition) is 2. The van der Waals surface area contributed by atoms with Crippen LogP contribution >= 0.6 is 0 Å². The predicted molar refractivity (Wildman–Crippen MR) is 79.3 cm³/mol. The number of carbonyl (C=O) groups is 1. The topological polar surface area (TPSA) is 59.6 Å². The van der Waals surface area contributed by atoms with E-state index < -0.39 is 0 Å². The van der Waals surface area contributed by atoms with E-state index in [1.807, 2.05) is 39.1 Å². The maximum atomic E-state index is 11.7. The second-order valence-electron chi connectivity index (χ2n) is 4.49. The number of amides is 1. The molecule has 1 aromatic rings. The maximum Gasteiger partial charge on any atom is 0.221 e. The smallest absolute Gasteiger partial charge is 0.221 e. The Morgan fingerprint density at radius 1 is 1.35 bits per heavy atom. The Balaban J connectivity index is 2.72. The van der Waals surface area contributed by atoms with Gasteiger partial charge in [0.25, 0.3) is 0 Å². The lowest BCUT2D eigenvalue weighted by Crippen LogP contribution is -2.29. The molecule has 1 aromatic carbocycles. The van der Waals surface area contributed by atoms with Crippen LogP contribution in [0.2, 0.25) is 0 Å². The van der Waals surface area contributed by atoms with E-state index in [0.29, 0.717) is 31.1 Å². The lowest BCUT2D eigenvalue weighted by atomic mass is 10.1. The molecule has 0 heterocycles. The molecule has 0 aliphatic heterocycles. The van der Waals surface area contributed by atoms with Crippen molar-refractivity contribution in [2.75, 3.05) is 27.3 Å². The molecule has 5 nitrogen and oxygen atoms in total. The van der Waals surface area contributed by atoms with Crippen molar-refractivity contribution in [3.8, 4) is 11.5 Å². The summed E-state index contributed by atoms with van der Waals surface area (Å²) in [6, 6.07) is 5.64. The number of rotatable bonds is 8. The van der Waals surface area contributed by atoms with Gasteiger partial charge in [0, 0.05) is 13.0 Å². The van der Waals surface area contributed by atoms with Gasteiger partial charge in [0.2, 0.25) is 5.91 Å². The van der Waals surface area contributed by atoms with Crippen LogP contribution in [0, 0.1) is 0 Å². The van der Waals surface area contributed by atoms with Crippen LogP contribution in [0.15, 0.2) is 18.2 Å². The zero-order chi connectivity index (χ0) is 15.0. The minimum Gasteiger partial charge on any atom is -0.493 e. The fourth-order valence-corrected chi connectivity index (χ4v) is 1.86. The molecule has 0 saturated heterocycles. The molecule has 0 aromatic heterocycles. The van der Waals surface area contributed by atoms with Crippen LogP contribution in [0.1, 0.15) is 31.9 Å². The fraction of sp³-hybridized carbons (Fsp3) is 0.533. The summed E-state index contributed by atoms with van der Waals surface area (Å²) in [4.78, 5) is 11.7. The van der Waals surface area contributed by atoms with Crippen LogP contribution in [0.3, 0.4) is 0 Å². The molecule has 0 saturated carbocycles. The van der Waals surface area contributed by atoms with Gasteiger partial charge in [-0.3, -0.25) is 4.79 Å². The summed E-state index contributed by atoms with van der Waals surface area (Å²) in [6.45, 7) is 5.14. The Bertz CT molecular complexity index is 435. The molecular weight excluding hydrogens is 256 g/mol. The van der Waals surface area contributed by atoms with E-state index in [4.69, 9.17) is 9.47 Å². The van der Waals surface area contributed by atoms with E-state index in [0.717, 1.165) is 5.56 Å². The highest BCUT2D eigenvalue weighted by Crippen LogP contribution is 2.30. The van der Waals surface area contributed by atoms with Gasteiger partial charge in [-0.2, -0.15) is 0 Å². The van der Waals surface area contributed by atoms with Crippen LogP contribution < -0.4 is 20.1 Å². The monoisotopic (exact) mass is 280 g/mol. The molecule has 2 N–H and O–H groups in total. The summed E-state index contributed by atoms with van der Waals surface area (Å²) >= 11 is 0. The van der Waals surface area contributed by atoms with Gasteiger partial charge in [-0.05, 0) is 38.6 Å². The van der Waals surface area contributed by atoms with Gasteiger partial charge >= 0.3 is 0 Å². The summed E-state index contributed by atoms with van der Waals surface area (Å²) in [6.07, 6.45) is 0.467. The van der Waals surface area contributed by atoms with E-state index in [9.17, 15) is 4.79 Å². The van der Waals surface area contributed by atoms with Gasteiger partial charge in [0.1, 0.15) is 0 Å². The van der Waals surface area contributed by atoms with E-state index in [2.05, 4.69) is 10.6 Å². The van der Waals surface area contributed by atoms with Crippen LogP contribution in [0.4, 0.5) is 0 Å². The molecule has 5 heteroatoms. The third-order valence-electron chi connectivity index (χ3n) is 2.97. The van der Waals surface area contributed by atoms with Crippen LogP contribution in [0.5, 0.6) is 11.5 Å². The lowest BCUT2D eigenvalue weighted by molar-refractivity contribution is -0.121. The Labute approximate surface area is 120 Å². The average molecular weight is 280 g/mol. The SMILES string of the molecule is CCOc1ccc(C(C)NC(=O)CCNC)cc1OC. The van der Waals surface area contributed by atoms with Gasteiger partial charge in [-0.1, -0.05) is 6.07 Å². The number of nitrogens with one attached hydrogen (secondary N) is 2. The molecule has 0 spiro atoms. The molecule has 0 bridgehead atoms. The first-order valence-electron chi connectivity index (χ1n) is 6.87. The Hall–Kier alpha value is -1.75. The van der Waals surface area contributed by atoms with Gasteiger partial charge in [-0.15, -0.1) is 0 Å². The molecule has 20 heavy (non-hydrogen) atoms. The first kappa shape index (κ1) is 16.3. The molecule has 112 valence electrons. The molecule has 1 unspecified atom stereocenters. The van der Waals surface area contributed by atoms with Gasteiger partial charge in [0.15, 0.2) is 11.5 Å². The molecule has 0 aliphatic carbocycles. The van der Waals surface area contributed by atoms with Crippen molar-refractivity contribution in [2.24, 2.45) is 0 Å². The van der Waals surface area contributed by atoms with E-state index in [1.165, 1.54) is 0 Å². The highest BCUT2D eigenvalue weighted by atomic mass is 16.5. The minimum atomic E-state index is -0.0658. The predicted octanol–water partition coefficient (Wildman–Crippen LogP) is 1.88. The molecule has 1 atom stereocenters. The van der Waals surface area contributed by atoms with Crippen molar-refractivity contribution >= 4 is 5.91 Å². The Morgan fingerprint density at radius 2 is 2.10 bits per heavy atom. The summed E-state index contributed by atoms with van der Waals surface area (Å²) in [5, 5.41) is 5.91. The molecular formula is C15H24N2O3. The molecule has 0 radical (unpaired) electrons. The molecule has 1 rings (SSSR count). The zero-order valence-electron chi connectivity index (χ0n) is 12.7. The van der Waals surface area contributed by atoms with Crippen LogP contribution in [-0.4, -0.2) is 33.2 Å². The second-order valence-corrected chi connectivity index (χ2v) is 4.49. The zero-order valence-corrected chi connectivity index (χ0v) is 12.7. The Kier molecular flexibility index (Phi) is 6.87. The average Bonchev–Trinajstić information content (AvgIpc) is 2.45. The molecule has 1 amide bonds. The van der Waals surface area contributed by atoms with Gasteiger partial charge < -0.3 is 20.1 Å². The standard InChI is InChI=1S/C15H24N2O3/c1-5-20-13-7-6-12(10-14(13)19-4)11(2)17-15(18)8-9-16-3/h6-7,10-11,16H,5,8-9H2,1-4H3,(H,17,18). The lowest BCUT2D eigenvalue weighted by Gasteiger charge is -2.17. The summed E-state index contributed by atoms with van der Waals surface area (Å²) in [7, 11) is 3.44. The number of ether oxygens (including phenoxy) is 2. The fourth-order valence-electron chi connectivity index (χ4n) is 1.86. The first-order valence-corrected chi connectivity index (χ1v) is 6.87. The van der Waals surface area contributed by atoms with Crippen molar-refractivity contribution in [3.63, 3.8) is 0 Å². The van der Waals surface area contributed by atoms with Gasteiger partial charge in [0.05, 0.1) is 19.8 Å².